The van der Waals surface area contributed by atoms with Crippen LogP contribution in [0.5, 0.6) is 11.5 Å². The van der Waals surface area contributed by atoms with Crippen LogP contribution in [0.25, 0.3) is 0 Å². The van der Waals surface area contributed by atoms with Gasteiger partial charge in [0.1, 0.15) is 18.5 Å². The minimum atomic E-state index is -0.924. The molecule has 0 fully saturated rings. The summed E-state index contributed by atoms with van der Waals surface area (Å²) < 4.78 is 24.6. The Hall–Kier alpha value is -3.86. The molecule has 0 aliphatic carbocycles. The molecule has 2 aromatic rings. The van der Waals surface area contributed by atoms with Crippen LogP contribution in [0.1, 0.15) is 29.8 Å². The van der Waals surface area contributed by atoms with Gasteiger partial charge in [0.2, 0.25) is 0 Å². The van der Waals surface area contributed by atoms with Crippen LogP contribution in [0, 0.1) is 24.1 Å². The molecule has 0 bridgehead atoms. The summed E-state index contributed by atoms with van der Waals surface area (Å²) in [5.74, 6) is 1.05. The van der Waals surface area contributed by atoms with E-state index in [1.165, 1.54) is 31.5 Å². The van der Waals surface area contributed by atoms with Gasteiger partial charge < -0.3 is 14.8 Å². The number of carbonyl (C=O) groups is 2. The van der Waals surface area contributed by atoms with E-state index < -0.39 is 23.7 Å². The molecule has 1 atom stereocenters. The van der Waals surface area contributed by atoms with Gasteiger partial charge in [-0.25, -0.2) is 9.82 Å². The Morgan fingerprint density at radius 2 is 1.97 bits per heavy atom. The van der Waals surface area contributed by atoms with Crippen LogP contribution in [0.4, 0.5) is 4.39 Å². The van der Waals surface area contributed by atoms with Gasteiger partial charge in [-0.1, -0.05) is 38.0 Å². The van der Waals surface area contributed by atoms with Crippen molar-refractivity contribution in [2.24, 2.45) is 11.0 Å². The van der Waals surface area contributed by atoms with Crippen molar-refractivity contribution in [3.05, 3.63) is 59.4 Å². The number of benzene rings is 2. The number of hydrogen-bond donors (Lipinski definition) is 2. The number of methoxy groups -OCH3 is 1. The Morgan fingerprint density at radius 1 is 1.23 bits per heavy atom. The first-order valence-electron chi connectivity index (χ1n) is 9.50. The number of terminal acetylenes is 1. The lowest BCUT2D eigenvalue weighted by Gasteiger charge is -2.20. The van der Waals surface area contributed by atoms with Crippen molar-refractivity contribution >= 4 is 18.0 Å². The number of amides is 2. The lowest BCUT2D eigenvalue weighted by atomic mass is 10.0. The minimum Gasteiger partial charge on any atom is -0.493 e. The third kappa shape index (κ3) is 6.31. The molecule has 31 heavy (non-hydrogen) atoms. The van der Waals surface area contributed by atoms with Gasteiger partial charge >= 0.3 is 0 Å². The van der Waals surface area contributed by atoms with E-state index in [4.69, 9.17) is 15.9 Å². The van der Waals surface area contributed by atoms with Crippen LogP contribution >= 0.6 is 0 Å². The Bertz CT molecular complexity index is 999. The number of halogens is 1. The fourth-order valence-electron chi connectivity index (χ4n) is 2.70. The summed E-state index contributed by atoms with van der Waals surface area (Å²) >= 11 is 0. The van der Waals surface area contributed by atoms with Crippen LogP contribution < -0.4 is 20.2 Å². The first-order chi connectivity index (χ1) is 14.9. The van der Waals surface area contributed by atoms with Crippen molar-refractivity contribution in [1.82, 2.24) is 10.7 Å². The zero-order valence-electron chi connectivity index (χ0n) is 17.5. The van der Waals surface area contributed by atoms with Gasteiger partial charge in [0, 0.05) is 5.56 Å². The normalized spacial score (nSPS) is 11.6. The summed E-state index contributed by atoms with van der Waals surface area (Å²) in [6, 6.07) is 9.77. The number of rotatable bonds is 9. The maximum absolute atomic E-state index is 13.9. The number of nitrogens with zero attached hydrogens (tertiary/aromatic N) is 1. The van der Waals surface area contributed by atoms with Crippen LogP contribution in [-0.4, -0.2) is 37.8 Å². The van der Waals surface area contributed by atoms with Crippen LogP contribution in [0.3, 0.4) is 0 Å². The third-order valence-electron chi connectivity index (χ3n) is 4.26. The van der Waals surface area contributed by atoms with Crippen molar-refractivity contribution < 1.29 is 23.5 Å². The molecule has 0 radical (unpaired) electrons. The van der Waals surface area contributed by atoms with Gasteiger partial charge in [0.25, 0.3) is 11.8 Å². The Labute approximate surface area is 180 Å². The van der Waals surface area contributed by atoms with E-state index in [9.17, 15) is 14.0 Å². The van der Waals surface area contributed by atoms with Gasteiger partial charge in [0.05, 0.1) is 18.9 Å². The summed E-state index contributed by atoms with van der Waals surface area (Å²) in [6.45, 7) is 3.54. The third-order valence-corrected chi connectivity index (χ3v) is 4.26. The molecule has 0 aromatic heterocycles. The first-order valence-corrected chi connectivity index (χ1v) is 9.50. The highest BCUT2D eigenvalue weighted by molar-refractivity contribution is 5.98. The molecule has 162 valence electrons. The van der Waals surface area contributed by atoms with Gasteiger partial charge in [-0.15, -0.1) is 6.42 Å². The average Bonchev–Trinajstić information content (AvgIpc) is 2.76. The molecule has 0 saturated heterocycles. The number of para-hydroxylation sites is 1. The second-order valence-corrected chi connectivity index (χ2v) is 6.78. The molecule has 0 aliphatic rings. The Kier molecular flexibility index (Phi) is 8.58. The number of nitrogens with one attached hydrogen (secondary N) is 2. The lowest BCUT2D eigenvalue weighted by molar-refractivity contribution is -0.123. The molecular weight excluding hydrogens is 401 g/mol. The molecule has 1 unspecified atom stereocenters. The van der Waals surface area contributed by atoms with E-state index in [1.54, 1.807) is 38.1 Å². The Balaban J connectivity index is 2.12. The van der Waals surface area contributed by atoms with Gasteiger partial charge in [-0.05, 0) is 30.2 Å². The largest absolute Gasteiger partial charge is 0.493 e. The maximum Gasteiger partial charge on any atom is 0.262 e. The van der Waals surface area contributed by atoms with Gasteiger partial charge in [0.15, 0.2) is 11.5 Å². The zero-order valence-corrected chi connectivity index (χ0v) is 17.5. The zero-order chi connectivity index (χ0) is 22.8. The van der Waals surface area contributed by atoms with Gasteiger partial charge in [-0.2, -0.15) is 5.10 Å². The van der Waals surface area contributed by atoms with Crippen LogP contribution in [0.15, 0.2) is 47.6 Å². The molecule has 0 aliphatic heterocycles. The second-order valence-electron chi connectivity index (χ2n) is 6.78. The van der Waals surface area contributed by atoms with E-state index in [0.29, 0.717) is 17.1 Å². The monoisotopic (exact) mass is 425 g/mol. The topological polar surface area (TPSA) is 89.0 Å². The number of carbonyl (C=O) groups excluding carboxylic acids is 2. The summed E-state index contributed by atoms with van der Waals surface area (Å²) in [5, 5.41) is 6.50. The molecule has 2 rings (SSSR count). The molecule has 0 spiro atoms. The van der Waals surface area contributed by atoms with Crippen molar-refractivity contribution in [3.8, 4) is 23.8 Å². The van der Waals surface area contributed by atoms with E-state index in [2.05, 4.69) is 21.8 Å². The smallest absolute Gasteiger partial charge is 0.262 e. The highest BCUT2D eigenvalue weighted by atomic mass is 19.1. The average molecular weight is 425 g/mol. The number of hydrazone groups is 1. The summed E-state index contributed by atoms with van der Waals surface area (Å²) in [4.78, 5) is 25.0. The molecule has 0 saturated carbocycles. The van der Waals surface area contributed by atoms with E-state index in [-0.39, 0.29) is 18.1 Å². The van der Waals surface area contributed by atoms with Crippen molar-refractivity contribution in [2.45, 2.75) is 19.9 Å². The highest BCUT2D eigenvalue weighted by Crippen LogP contribution is 2.29. The molecule has 7 nitrogen and oxygen atoms in total. The molecular formula is C23H24FN3O4. The predicted molar refractivity (Wildman–Crippen MR) is 116 cm³/mol. The SMILES string of the molecule is C#CCOc1c(C=NNC(=O)C(NC(=O)c2ccccc2F)C(C)C)cccc1OC. The lowest BCUT2D eigenvalue weighted by Crippen LogP contribution is -2.48. The fourth-order valence-corrected chi connectivity index (χ4v) is 2.70. The predicted octanol–water partition coefficient (Wildman–Crippen LogP) is 2.75. The summed E-state index contributed by atoms with van der Waals surface area (Å²) in [7, 11) is 1.49. The standard InChI is InChI=1S/C23H24FN3O4/c1-5-13-31-21-16(9-8-12-19(21)30-4)14-25-27-23(29)20(15(2)3)26-22(28)17-10-6-7-11-18(17)24/h1,6-12,14-15,20H,13H2,2-4H3,(H,26,28)(H,27,29). The summed E-state index contributed by atoms with van der Waals surface area (Å²) in [5.41, 5.74) is 2.78. The van der Waals surface area contributed by atoms with Crippen molar-refractivity contribution in [1.29, 1.82) is 0 Å². The first kappa shape index (κ1) is 23.4. The quantitative estimate of drug-likeness (QED) is 0.367. The Morgan fingerprint density at radius 3 is 2.61 bits per heavy atom. The second kappa shape index (κ2) is 11.4. The van der Waals surface area contributed by atoms with E-state index >= 15 is 0 Å². The van der Waals surface area contributed by atoms with E-state index in [1.807, 2.05) is 0 Å². The molecule has 2 N–H and O–H groups in total. The van der Waals surface area contributed by atoms with Crippen LogP contribution in [-0.2, 0) is 4.79 Å². The van der Waals surface area contributed by atoms with Crippen molar-refractivity contribution in [3.63, 3.8) is 0 Å². The number of ether oxygens (including phenoxy) is 2. The number of hydrogen-bond acceptors (Lipinski definition) is 5. The summed E-state index contributed by atoms with van der Waals surface area (Å²) in [6.07, 6.45) is 6.62. The van der Waals surface area contributed by atoms with Crippen molar-refractivity contribution in [2.75, 3.05) is 13.7 Å². The van der Waals surface area contributed by atoms with Gasteiger partial charge in [-0.3, -0.25) is 9.59 Å². The van der Waals surface area contributed by atoms with Crippen LogP contribution in [0.2, 0.25) is 0 Å². The molecule has 8 heteroatoms. The molecule has 2 amide bonds. The molecule has 0 heterocycles. The molecule has 2 aromatic carbocycles. The van der Waals surface area contributed by atoms with E-state index in [0.717, 1.165) is 0 Å². The minimum absolute atomic E-state index is 0.0328. The maximum atomic E-state index is 13.9. The highest BCUT2D eigenvalue weighted by Gasteiger charge is 2.25. The fraction of sp³-hybridized carbons (Fsp3) is 0.261.